The quantitative estimate of drug-likeness (QED) is 0.807. The molecule has 84 valence electrons. The van der Waals surface area contributed by atoms with Crippen molar-refractivity contribution >= 4 is 28.3 Å². The summed E-state index contributed by atoms with van der Waals surface area (Å²) in [6, 6.07) is 7.83. The van der Waals surface area contributed by atoms with Crippen molar-refractivity contribution in [2.75, 3.05) is 0 Å². The van der Waals surface area contributed by atoms with Gasteiger partial charge in [0.15, 0.2) is 5.82 Å². The summed E-state index contributed by atoms with van der Waals surface area (Å²) >= 11 is 0. The first kappa shape index (κ1) is 9.89. The lowest BCUT2D eigenvalue weighted by atomic mass is 10.2. The van der Waals surface area contributed by atoms with Crippen molar-refractivity contribution in [2.45, 2.75) is 13.3 Å². The van der Waals surface area contributed by atoms with E-state index in [-0.39, 0.29) is 0 Å². The lowest BCUT2D eigenvalue weighted by Gasteiger charge is -2.01. The van der Waals surface area contributed by atoms with E-state index in [9.17, 15) is 0 Å². The summed E-state index contributed by atoms with van der Waals surface area (Å²) in [7, 11) is 0. The molecule has 0 saturated heterocycles. The summed E-state index contributed by atoms with van der Waals surface area (Å²) < 4.78 is 0. The molecule has 0 bridgehead atoms. The Bertz CT molecular complexity index is 624. The van der Waals surface area contributed by atoms with Crippen LogP contribution in [0.5, 0.6) is 0 Å². The second kappa shape index (κ2) is 3.93. The van der Waals surface area contributed by atoms with E-state index >= 15 is 0 Å². The van der Waals surface area contributed by atoms with Gasteiger partial charge in [-0.2, -0.15) is 5.10 Å². The topological polar surface area (TPSA) is 62.5 Å². The molecule has 0 atom stereocenters. The van der Waals surface area contributed by atoms with Crippen LogP contribution in [0.2, 0.25) is 0 Å². The molecule has 3 rings (SSSR count). The van der Waals surface area contributed by atoms with E-state index in [2.05, 4.69) is 25.5 Å². The summed E-state index contributed by atoms with van der Waals surface area (Å²) in [5.41, 5.74) is 4.83. The highest BCUT2D eigenvalue weighted by atomic mass is 15.3. The highest BCUT2D eigenvalue weighted by Crippen LogP contribution is 2.21. The molecule has 1 aromatic carbocycles. The predicted molar refractivity (Wildman–Crippen MR) is 67.5 cm³/mol. The number of rotatable bonds is 1. The summed E-state index contributed by atoms with van der Waals surface area (Å²) in [5.74, 6) is 1.51. The Morgan fingerprint density at radius 1 is 1.24 bits per heavy atom. The van der Waals surface area contributed by atoms with Crippen LogP contribution in [0.1, 0.15) is 13.3 Å². The van der Waals surface area contributed by atoms with Crippen molar-refractivity contribution in [3.63, 3.8) is 0 Å². The van der Waals surface area contributed by atoms with Crippen LogP contribution in [0, 0.1) is 0 Å². The number of para-hydroxylation sites is 1. The van der Waals surface area contributed by atoms with Crippen molar-refractivity contribution in [2.24, 2.45) is 10.1 Å². The molecule has 0 fully saturated rings. The summed E-state index contributed by atoms with van der Waals surface area (Å²) in [5, 5.41) is 5.04. The Balaban J connectivity index is 2.07. The molecule has 1 aromatic heterocycles. The van der Waals surface area contributed by atoms with E-state index in [1.807, 2.05) is 31.2 Å². The smallest absolute Gasteiger partial charge is 0.165 e. The van der Waals surface area contributed by atoms with Gasteiger partial charge in [0, 0.05) is 17.5 Å². The van der Waals surface area contributed by atoms with Crippen LogP contribution in [-0.2, 0) is 0 Å². The average Bonchev–Trinajstić information content (AvgIpc) is 2.75. The number of nitrogens with zero attached hydrogens (tertiary/aromatic N) is 4. The zero-order valence-corrected chi connectivity index (χ0v) is 9.38. The first-order valence-corrected chi connectivity index (χ1v) is 5.39. The first-order valence-electron chi connectivity index (χ1n) is 5.39. The highest BCUT2D eigenvalue weighted by Gasteiger charge is 2.10. The van der Waals surface area contributed by atoms with Crippen LogP contribution >= 0.6 is 0 Å². The molecule has 5 heteroatoms. The minimum Gasteiger partial charge on any atom is -0.265 e. The van der Waals surface area contributed by atoms with E-state index < -0.39 is 0 Å². The molecule has 0 amide bonds. The fraction of sp³-hybridized carbons (Fsp3) is 0.167. The molecule has 1 aliphatic heterocycles. The van der Waals surface area contributed by atoms with Gasteiger partial charge in [0.25, 0.3) is 0 Å². The van der Waals surface area contributed by atoms with Crippen LogP contribution in [-0.4, -0.2) is 21.5 Å². The second-order valence-electron chi connectivity index (χ2n) is 3.91. The normalized spacial score (nSPS) is 17.2. The SMILES string of the molecule is CC1=NNC(=Nc2ncnc3ccccc23)C1. The molecule has 17 heavy (non-hydrogen) atoms. The predicted octanol–water partition coefficient (Wildman–Crippen LogP) is 2.03. The van der Waals surface area contributed by atoms with Gasteiger partial charge < -0.3 is 0 Å². The van der Waals surface area contributed by atoms with Crippen LogP contribution in [0.15, 0.2) is 40.7 Å². The number of hydrogen-bond acceptors (Lipinski definition) is 4. The number of fused-ring (bicyclic) bond motifs is 1. The van der Waals surface area contributed by atoms with E-state index in [1.165, 1.54) is 6.33 Å². The Kier molecular flexibility index (Phi) is 2.29. The molecular formula is C12H11N5. The molecule has 0 saturated carbocycles. The van der Waals surface area contributed by atoms with Gasteiger partial charge in [-0.25, -0.2) is 15.0 Å². The Labute approximate surface area is 98.3 Å². The molecule has 0 unspecified atom stereocenters. The summed E-state index contributed by atoms with van der Waals surface area (Å²) in [6.45, 7) is 1.97. The van der Waals surface area contributed by atoms with Crippen LogP contribution < -0.4 is 5.43 Å². The van der Waals surface area contributed by atoms with Gasteiger partial charge in [-0.3, -0.25) is 5.43 Å². The lowest BCUT2D eigenvalue weighted by molar-refractivity contribution is 1.04. The number of aliphatic imine (C=N–C) groups is 1. The standard InChI is InChI=1S/C12H11N5/c1-8-6-11(17-16-8)15-12-9-4-2-3-5-10(9)13-7-14-12/h2-5,7H,6H2,1H3,(H,13,14,15,17). The third kappa shape index (κ3) is 1.87. The van der Waals surface area contributed by atoms with Gasteiger partial charge in [0.2, 0.25) is 0 Å². The Morgan fingerprint density at radius 2 is 2.12 bits per heavy atom. The molecule has 0 aliphatic carbocycles. The number of aromatic nitrogens is 2. The zero-order valence-electron chi connectivity index (χ0n) is 9.38. The van der Waals surface area contributed by atoms with Gasteiger partial charge in [0.05, 0.1) is 5.52 Å². The van der Waals surface area contributed by atoms with Gasteiger partial charge in [-0.1, -0.05) is 12.1 Å². The van der Waals surface area contributed by atoms with Gasteiger partial charge >= 0.3 is 0 Å². The van der Waals surface area contributed by atoms with Crippen LogP contribution in [0.25, 0.3) is 10.9 Å². The van der Waals surface area contributed by atoms with Crippen molar-refractivity contribution in [3.8, 4) is 0 Å². The maximum Gasteiger partial charge on any atom is 0.165 e. The highest BCUT2D eigenvalue weighted by molar-refractivity contribution is 6.07. The first-order chi connectivity index (χ1) is 8.33. The molecule has 1 aliphatic rings. The summed E-state index contributed by atoms with van der Waals surface area (Å²) in [6.07, 6.45) is 2.28. The lowest BCUT2D eigenvalue weighted by Crippen LogP contribution is -2.10. The maximum atomic E-state index is 4.48. The van der Waals surface area contributed by atoms with Gasteiger partial charge in [-0.05, 0) is 19.1 Å². The number of hydrazone groups is 1. The van der Waals surface area contributed by atoms with Gasteiger partial charge in [-0.15, -0.1) is 0 Å². The third-order valence-electron chi connectivity index (χ3n) is 2.56. The third-order valence-corrected chi connectivity index (χ3v) is 2.56. The number of amidine groups is 1. The number of nitrogens with one attached hydrogen (secondary N) is 1. The monoisotopic (exact) mass is 225 g/mol. The molecule has 0 radical (unpaired) electrons. The molecule has 5 nitrogen and oxygen atoms in total. The second-order valence-corrected chi connectivity index (χ2v) is 3.91. The Hall–Kier alpha value is -2.30. The summed E-state index contributed by atoms with van der Waals surface area (Å²) in [4.78, 5) is 12.9. The molecular weight excluding hydrogens is 214 g/mol. The van der Waals surface area contributed by atoms with Crippen molar-refractivity contribution in [1.29, 1.82) is 0 Å². The van der Waals surface area contributed by atoms with E-state index in [0.717, 1.165) is 28.9 Å². The fourth-order valence-corrected chi connectivity index (χ4v) is 1.75. The largest absolute Gasteiger partial charge is 0.265 e. The van der Waals surface area contributed by atoms with Crippen molar-refractivity contribution < 1.29 is 0 Å². The maximum absolute atomic E-state index is 4.48. The molecule has 2 aromatic rings. The average molecular weight is 225 g/mol. The Morgan fingerprint density at radius 3 is 2.94 bits per heavy atom. The molecule has 1 N–H and O–H groups in total. The van der Waals surface area contributed by atoms with Crippen LogP contribution in [0.4, 0.5) is 5.82 Å². The van der Waals surface area contributed by atoms with Crippen molar-refractivity contribution in [1.82, 2.24) is 15.4 Å². The van der Waals surface area contributed by atoms with Crippen molar-refractivity contribution in [3.05, 3.63) is 30.6 Å². The minimum atomic E-state index is 0.683. The minimum absolute atomic E-state index is 0.683. The van der Waals surface area contributed by atoms with Crippen LogP contribution in [0.3, 0.4) is 0 Å². The molecule has 2 heterocycles. The number of hydrogen-bond donors (Lipinski definition) is 1. The van der Waals surface area contributed by atoms with E-state index in [0.29, 0.717) is 5.82 Å². The number of benzene rings is 1. The molecule has 0 spiro atoms. The fourth-order valence-electron chi connectivity index (χ4n) is 1.75. The van der Waals surface area contributed by atoms with Gasteiger partial charge in [0.1, 0.15) is 12.2 Å². The van der Waals surface area contributed by atoms with E-state index in [4.69, 9.17) is 0 Å². The van der Waals surface area contributed by atoms with E-state index in [1.54, 1.807) is 0 Å². The zero-order chi connectivity index (χ0) is 11.7.